The molecule has 0 fully saturated rings. The Morgan fingerprint density at radius 3 is 2.44 bits per heavy atom. The summed E-state index contributed by atoms with van der Waals surface area (Å²) in [6.45, 7) is 0. The fourth-order valence-electron chi connectivity index (χ4n) is 1.55. The quantitative estimate of drug-likeness (QED) is 0.867. The minimum absolute atomic E-state index is 0.0437. The number of carboxylic acid groups (broad SMARTS) is 1. The summed E-state index contributed by atoms with van der Waals surface area (Å²) in [7, 11) is 0. The van der Waals surface area contributed by atoms with E-state index in [1.54, 1.807) is 18.2 Å². The van der Waals surface area contributed by atoms with Crippen molar-refractivity contribution in [3.63, 3.8) is 0 Å². The molecule has 0 saturated carbocycles. The number of ether oxygens (including phenoxy) is 1. The molecule has 2 N–H and O–H groups in total. The van der Waals surface area contributed by atoms with Crippen LogP contribution in [-0.4, -0.2) is 16.2 Å². The van der Waals surface area contributed by atoms with Gasteiger partial charge in [-0.15, -0.1) is 0 Å². The number of hydrogen-bond donors (Lipinski definition) is 2. The van der Waals surface area contributed by atoms with Crippen LogP contribution in [0.5, 0.6) is 17.2 Å². The lowest BCUT2D eigenvalue weighted by Gasteiger charge is -2.08. The van der Waals surface area contributed by atoms with E-state index in [-0.39, 0.29) is 12.2 Å². The highest BCUT2D eigenvalue weighted by molar-refractivity contribution is 5.71. The number of aromatic hydroxyl groups is 1. The van der Waals surface area contributed by atoms with Gasteiger partial charge >= 0.3 is 5.97 Å². The van der Waals surface area contributed by atoms with Gasteiger partial charge in [0, 0.05) is 5.56 Å². The van der Waals surface area contributed by atoms with Gasteiger partial charge in [0.2, 0.25) is 0 Å². The van der Waals surface area contributed by atoms with E-state index >= 15 is 0 Å². The van der Waals surface area contributed by atoms with Crippen molar-refractivity contribution >= 4 is 5.97 Å². The molecule has 18 heavy (non-hydrogen) atoms. The van der Waals surface area contributed by atoms with E-state index in [0.29, 0.717) is 17.1 Å². The van der Waals surface area contributed by atoms with Crippen LogP contribution in [0.2, 0.25) is 0 Å². The molecule has 0 radical (unpaired) electrons. The molecule has 2 aromatic carbocycles. The molecule has 4 heteroatoms. The van der Waals surface area contributed by atoms with E-state index < -0.39 is 5.97 Å². The van der Waals surface area contributed by atoms with Gasteiger partial charge in [-0.2, -0.15) is 0 Å². The van der Waals surface area contributed by atoms with Crippen LogP contribution in [0.25, 0.3) is 0 Å². The third-order valence-corrected chi connectivity index (χ3v) is 2.37. The molecule has 0 atom stereocenters. The van der Waals surface area contributed by atoms with Gasteiger partial charge in [0.1, 0.15) is 17.2 Å². The smallest absolute Gasteiger partial charge is 0.307 e. The zero-order valence-electron chi connectivity index (χ0n) is 9.54. The van der Waals surface area contributed by atoms with Crippen LogP contribution in [0.3, 0.4) is 0 Å². The second-order valence-corrected chi connectivity index (χ2v) is 3.78. The molecule has 0 aliphatic rings. The van der Waals surface area contributed by atoms with E-state index in [9.17, 15) is 9.90 Å². The summed E-state index contributed by atoms with van der Waals surface area (Å²) in [6, 6.07) is 13.7. The maximum absolute atomic E-state index is 10.6. The monoisotopic (exact) mass is 244 g/mol. The third-order valence-electron chi connectivity index (χ3n) is 2.37. The maximum Gasteiger partial charge on any atom is 0.307 e. The molecular formula is C14H12O4. The normalized spacial score (nSPS) is 10.0. The van der Waals surface area contributed by atoms with Crippen LogP contribution < -0.4 is 4.74 Å². The summed E-state index contributed by atoms with van der Waals surface area (Å²) in [6.07, 6.45) is -0.238. The van der Waals surface area contributed by atoms with E-state index in [2.05, 4.69) is 0 Å². The highest BCUT2D eigenvalue weighted by atomic mass is 16.5. The van der Waals surface area contributed by atoms with Crippen molar-refractivity contribution in [1.29, 1.82) is 0 Å². The molecule has 4 nitrogen and oxygen atoms in total. The number of carbonyl (C=O) groups is 1. The predicted octanol–water partition coefficient (Wildman–Crippen LogP) is 2.81. The summed E-state index contributed by atoms with van der Waals surface area (Å²) < 4.78 is 5.55. The van der Waals surface area contributed by atoms with E-state index in [1.165, 1.54) is 12.1 Å². The van der Waals surface area contributed by atoms with Crippen molar-refractivity contribution in [1.82, 2.24) is 0 Å². The Morgan fingerprint density at radius 1 is 1.06 bits per heavy atom. The summed E-state index contributed by atoms with van der Waals surface area (Å²) in [4.78, 5) is 10.6. The molecule has 0 aliphatic carbocycles. The van der Waals surface area contributed by atoms with Gasteiger partial charge in [0.15, 0.2) is 0 Å². The molecule has 0 amide bonds. The maximum atomic E-state index is 10.6. The van der Waals surface area contributed by atoms with Crippen LogP contribution in [0, 0.1) is 0 Å². The van der Waals surface area contributed by atoms with Gasteiger partial charge in [-0.25, -0.2) is 0 Å². The SMILES string of the molecule is O=C(O)Cc1cc(Oc2ccccc2)ccc1O. The summed E-state index contributed by atoms with van der Waals surface area (Å²) in [5, 5.41) is 18.3. The van der Waals surface area contributed by atoms with Gasteiger partial charge in [-0.05, 0) is 30.3 Å². The lowest BCUT2D eigenvalue weighted by molar-refractivity contribution is -0.136. The minimum atomic E-state index is -0.998. The van der Waals surface area contributed by atoms with Crippen molar-refractivity contribution in [3.05, 3.63) is 54.1 Å². The number of rotatable bonds is 4. The average Bonchev–Trinajstić information content (AvgIpc) is 2.34. The third kappa shape index (κ3) is 3.01. The number of benzene rings is 2. The Balaban J connectivity index is 2.22. The Bertz CT molecular complexity index is 549. The molecule has 2 rings (SSSR count). The zero-order valence-corrected chi connectivity index (χ0v) is 9.54. The van der Waals surface area contributed by atoms with Crippen LogP contribution in [0.1, 0.15) is 5.56 Å². The first-order chi connectivity index (χ1) is 8.65. The Hall–Kier alpha value is -2.49. The molecule has 0 aromatic heterocycles. The van der Waals surface area contributed by atoms with Crippen LogP contribution in [0.15, 0.2) is 48.5 Å². The fraction of sp³-hybridized carbons (Fsp3) is 0.0714. The van der Waals surface area contributed by atoms with Gasteiger partial charge in [0.05, 0.1) is 6.42 Å². The number of carboxylic acids is 1. The van der Waals surface area contributed by atoms with Gasteiger partial charge < -0.3 is 14.9 Å². The predicted molar refractivity (Wildman–Crippen MR) is 66.0 cm³/mol. The van der Waals surface area contributed by atoms with Crippen LogP contribution >= 0.6 is 0 Å². The first kappa shape index (κ1) is 12.0. The fourth-order valence-corrected chi connectivity index (χ4v) is 1.55. The standard InChI is InChI=1S/C14H12O4/c15-13-7-6-12(8-10(13)9-14(16)17)18-11-4-2-1-3-5-11/h1-8,15H,9H2,(H,16,17). The number of phenolic OH excluding ortho intramolecular Hbond substituents is 1. The summed E-state index contributed by atoms with van der Waals surface area (Å²) in [5.74, 6) is 0.111. The van der Waals surface area contributed by atoms with Crippen LogP contribution in [-0.2, 0) is 11.2 Å². The molecule has 92 valence electrons. The van der Waals surface area contributed by atoms with Gasteiger partial charge in [0.25, 0.3) is 0 Å². The Labute approximate surface area is 104 Å². The highest BCUT2D eigenvalue weighted by Gasteiger charge is 2.08. The Kier molecular flexibility index (Phi) is 3.48. The molecule has 0 saturated heterocycles. The number of aliphatic carboxylic acids is 1. The number of hydrogen-bond acceptors (Lipinski definition) is 3. The van der Waals surface area contributed by atoms with E-state index in [1.807, 2.05) is 18.2 Å². The zero-order chi connectivity index (χ0) is 13.0. The minimum Gasteiger partial charge on any atom is -0.508 e. The van der Waals surface area contributed by atoms with E-state index in [4.69, 9.17) is 9.84 Å². The molecular weight excluding hydrogens is 232 g/mol. The summed E-state index contributed by atoms with van der Waals surface area (Å²) >= 11 is 0. The van der Waals surface area contributed by atoms with Crippen molar-refractivity contribution in [2.24, 2.45) is 0 Å². The largest absolute Gasteiger partial charge is 0.508 e. The first-order valence-electron chi connectivity index (χ1n) is 5.42. The van der Waals surface area contributed by atoms with Crippen molar-refractivity contribution < 1.29 is 19.7 Å². The second-order valence-electron chi connectivity index (χ2n) is 3.78. The van der Waals surface area contributed by atoms with Crippen molar-refractivity contribution in [2.45, 2.75) is 6.42 Å². The number of para-hydroxylation sites is 1. The molecule has 0 bridgehead atoms. The molecule has 0 aliphatic heterocycles. The molecule has 2 aromatic rings. The molecule has 0 spiro atoms. The molecule has 0 heterocycles. The summed E-state index contributed by atoms with van der Waals surface area (Å²) in [5.41, 5.74) is 0.330. The number of phenols is 1. The van der Waals surface area contributed by atoms with E-state index in [0.717, 1.165) is 0 Å². The van der Waals surface area contributed by atoms with Crippen LogP contribution in [0.4, 0.5) is 0 Å². The second kappa shape index (κ2) is 5.23. The molecule has 0 unspecified atom stereocenters. The topological polar surface area (TPSA) is 66.8 Å². The van der Waals surface area contributed by atoms with Crippen molar-refractivity contribution in [2.75, 3.05) is 0 Å². The van der Waals surface area contributed by atoms with Gasteiger partial charge in [-0.1, -0.05) is 18.2 Å². The lowest BCUT2D eigenvalue weighted by Crippen LogP contribution is -2.00. The average molecular weight is 244 g/mol. The lowest BCUT2D eigenvalue weighted by atomic mass is 10.1. The Morgan fingerprint density at radius 2 is 1.78 bits per heavy atom. The first-order valence-corrected chi connectivity index (χ1v) is 5.42. The van der Waals surface area contributed by atoms with Gasteiger partial charge in [-0.3, -0.25) is 4.79 Å². The van der Waals surface area contributed by atoms with Crippen molar-refractivity contribution in [3.8, 4) is 17.2 Å². The highest BCUT2D eigenvalue weighted by Crippen LogP contribution is 2.27.